The minimum atomic E-state index is -0.679. The lowest BCUT2D eigenvalue weighted by Crippen LogP contribution is -2.48. The van der Waals surface area contributed by atoms with E-state index in [1.165, 1.54) is 7.11 Å². The monoisotopic (exact) mass is 362 g/mol. The molecule has 1 fully saturated rings. The van der Waals surface area contributed by atoms with E-state index >= 15 is 0 Å². The van der Waals surface area contributed by atoms with Crippen molar-refractivity contribution in [1.29, 1.82) is 0 Å². The summed E-state index contributed by atoms with van der Waals surface area (Å²) in [6.07, 6.45) is 4.21. The van der Waals surface area contributed by atoms with E-state index in [9.17, 15) is 14.4 Å². The van der Waals surface area contributed by atoms with Gasteiger partial charge in [0.15, 0.2) is 6.61 Å². The number of imide groups is 1. The molecule has 0 bridgehead atoms. The van der Waals surface area contributed by atoms with Gasteiger partial charge in [-0.05, 0) is 37.8 Å². The van der Waals surface area contributed by atoms with E-state index in [2.05, 4.69) is 17.6 Å². The van der Waals surface area contributed by atoms with Crippen molar-refractivity contribution in [2.24, 2.45) is 5.92 Å². The molecule has 1 aromatic carbocycles. The highest BCUT2D eigenvalue weighted by molar-refractivity contribution is 5.98. The number of urea groups is 1. The van der Waals surface area contributed by atoms with Crippen molar-refractivity contribution in [1.82, 2.24) is 10.6 Å². The van der Waals surface area contributed by atoms with Crippen LogP contribution in [-0.4, -0.2) is 37.7 Å². The van der Waals surface area contributed by atoms with E-state index in [-0.39, 0.29) is 11.6 Å². The van der Waals surface area contributed by atoms with Crippen molar-refractivity contribution in [2.75, 3.05) is 13.7 Å². The van der Waals surface area contributed by atoms with Crippen LogP contribution in [0.2, 0.25) is 0 Å². The molecular weight excluding hydrogens is 336 g/mol. The fourth-order valence-corrected chi connectivity index (χ4v) is 3.09. The number of methoxy groups -OCH3 is 1. The van der Waals surface area contributed by atoms with E-state index in [1.54, 1.807) is 18.2 Å². The third-order valence-electron chi connectivity index (χ3n) is 4.59. The summed E-state index contributed by atoms with van der Waals surface area (Å²) >= 11 is 0. The highest BCUT2D eigenvalue weighted by atomic mass is 16.5. The first-order valence-electron chi connectivity index (χ1n) is 8.82. The molecule has 0 radical (unpaired) electrons. The number of carbonyl (C=O) groups excluding carboxylic acids is 3. The van der Waals surface area contributed by atoms with E-state index in [4.69, 9.17) is 9.47 Å². The molecule has 0 spiro atoms. The fraction of sp³-hybridized carbons (Fsp3) is 0.526. The predicted octanol–water partition coefficient (Wildman–Crippen LogP) is 2.56. The van der Waals surface area contributed by atoms with Crippen LogP contribution in [0.3, 0.4) is 0 Å². The second kappa shape index (κ2) is 9.22. The first kappa shape index (κ1) is 19.8. The number of nitrogens with one attached hydrogen (secondary N) is 2. The van der Waals surface area contributed by atoms with Crippen molar-refractivity contribution in [3.8, 4) is 5.75 Å². The maximum Gasteiger partial charge on any atom is 0.342 e. The molecule has 7 heteroatoms. The molecule has 0 aromatic heterocycles. The Morgan fingerprint density at radius 3 is 2.62 bits per heavy atom. The molecule has 142 valence electrons. The van der Waals surface area contributed by atoms with Crippen LogP contribution in [-0.2, 0) is 9.53 Å². The van der Waals surface area contributed by atoms with Crippen LogP contribution in [0.25, 0.3) is 0 Å². The summed E-state index contributed by atoms with van der Waals surface area (Å²) in [5.41, 5.74) is 1.10. The number of aryl methyl sites for hydroxylation is 1. The Kier molecular flexibility index (Phi) is 7.00. The average molecular weight is 362 g/mol. The van der Waals surface area contributed by atoms with Gasteiger partial charge in [0.25, 0.3) is 5.91 Å². The molecule has 0 unspecified atom stereocenters. The molecular formula is C19H26N2O5. The van der Waals surface area contributed by atoms with Crippen LogP contribution in [0.4, 0.5) is 4.79 Å². The van der Waals surface area contributed by atoms with Crippen LogP contribution in [0.15, 0.2) is 18.2 Å². The first-order chi connectivity index (χ1) is 12.4. The Balaban J connectivity index is 1.82. The average Bonchev–Trinajstić information content (AvgIpc) is 2.61. The van der Waals surface area contributed by atoms with Crippen molar-refractivity contribution >= 4 is 17.9 Å². The zero-order valence-corrected chi connectivity index (χ0v) is 15.5. The van der Waals surface area contributed by atoms with Crippen LogP contribution >= 0.6 is 0 Å². The smallest absolute Gasteiger partial charge is 0.342 e. The SMILES string of the molecule is COc1ccc(C)cc1C(=O)OCC(=O)NC(=O)N[C@H]1CCCC[C@@H]1C. The molecule has 26 heavy (non-hydrogen) atoms. The number of esters is 1. The Hall–Kier alpha value is -2.57. The summed E-state index contributed by atoms with van der Waals surface area (Å²) in [7, 11) is 1.45. The summed E-state index contributed by atoms with van der Waals surface area (Å²) < 4.78 is 10.1. The van der Waals surface area contributed by atoms with Gasteiger partial charge in [-0.25, -0.2) is 9.59 Å². The molecule has 1 aliphatic rings. The molecule has 2 N–H and O–H groups in total. The summed E-state index contributed by atoms with van der Waals surface area (Å²) in [4.78, 5) is 35.9. The minimum absolute atomic E-state index is 0.0654. The second-order valence-corrected chi connectivity index (χ2v) is 6.67. The van der Waals surface area contributed by atoms with E-state index in [1.807, 2.05) is 6.92 Å². The lowest BCUT2D eigenvalue weighted by Gasteiger charge is -2.29. The number of hydrogen-bond donors (Lipinski definition) is 2. The van der Waals surface area contributed by atoms with Gasteiger partial charge in [0, 0.05) is 6.04 Å². The quantitative estimate of drug-likeness (QED) is 0.785. The molecule has 0 saturated heterocycles. The minimum Gasteiger partial charge on any atom is -0.496 e. The third kappa shape index (κ3) is 5.47. The fourth-order valence-electron chi connectivity index (χ4n) is 3.09. The van der Waals surface area contributed by atoms with E-state index in [0.29, 0.717) is 11.7 Å². The summed E-state index contributed by atoms with van der Waals surface area (Å²) in [5.74, 6) is -0.603. The van der Waals surface area contributed by atoms with Crippen LogP contribution in [0.5, 0.6) is 5.75 Å². The standard InChI is InChI=1S/C19H26N2O5/c1-12-8-9-16(25-3)14(10-12)18(23)26-11-17(22)21-19(24)20-15-7-5-4-6-13(15)2/h8-10,13,15H,4-7,11H2,1-3H3,(H2,20,21,22,24)/t13-,15-/m0/s1. The van der Waals surface area contributed by atoms with Gasteiger partial charge in [-0.2, -0.15) is 0 Å². The molecule has 0 heterocycles. The zero-order chi connectivity index (χ0) is 19.1. The number of amides is 3. The summed E-state index contributed by atoms with van der Waals surface area (Å²) in [6, 6.07) is 4.59. The van der Waals surface area contributed by atoms with E-state index in [0.717, 1.165) is 31.2 Å². The van der Waals surface area contributed by atoms with Gasteiger partial charge >= 0.3 is 12.0 Å². The molecule has 0 aliphatic heterocycles. The predicted molar refractivity (Wildman–Crippen MR) is 96.1 cm³/mol. The molecule has 7 nitrogen and oxygen atoms in total. The Labute approximate surface area is 153 Å². The number of carbonyl (C=O) groups is 3. The van der Waals surface area contributed by atoms with Gasteiger partial charge in [0.1, 0.15) is 11.3 Å². The van der Waals surface area contributed by atoms with Crippen LogP contribution < -0.4 is 15.4 Å². The Morgan fingerprint density at radius 1 is 1.19 bits per heavy atom. The second-order valence-electron chi connectivity index (χ2n) is 6.67. The number of ether oxygens (including phenoxy) is 2. The molecule has 2 atom stereocenters. The maximum absolute atomic E-state index is 12.1. The molecule has 1 saturated carbocycles. The lowest BCUT2D eigenvalue weighted by molar-refractivity contribution is -0.123. The molecule has 1 aliphatic carbocycles. The zero-order valence-electron chi connectivity index (χ0n) is 15.5. The Bertz CT molecular complexity index is 674. The summed E-state index contributed by atoms with van der Waals surface area (Å²) in [5, 5.41) is 5.01. The van der Waals surface area contributed by atoms with Crippen molar-refractivity contribution in [2.45, 2.75) is 45.6 Å². The highest BCUT2D eigenvalue weighted by Gasteiger charge is 2.23. The van der Waals surface area contributed by atoms with Gasteiger partial charge in [-0.1, -0.05) is 31.4 Å². The highest BCUT2D eigenvalue weighted by Crippen LogP contribution is 2.23. The molecule has 2 rings (SSSR count). The maximum atomic E-state index is 12.1. The largest absolute Gasteiger partial charge is 0.496 e. The van der Waals surface area contributed by atoms with Crippen LogP contribution in [0.1, 0.15) is 48.5 Å². The molecule has 1 aromatic rings. The van der Waals surface area contributed by atoms with Gasteiger partial charge < -0.3 is 14.8 Å². The normalized spacial score (nSPS) is 19.3. The molecule has 3 amide bonds. The van der Waals surface area contributed by atoms with Gasteiger partial charge in [-0.3, -0.25) is 10.1 Å². The topological polar surface area (TPSA) is 93.7 Å². The Morgan fingerprint density at radius 2 is 1.92 bits per heavy atom. The third-order valence-corrected chi connectivity index (χ3v) is 4.59. The van der Waals surface area contributed by atoms with Gasteiger partial charge in [0.2, 0.25) is 0 Å². The van der Waals surface area contributed by atoms with Gasteiger partial charge in [0.05, 0.1) is 7.11 Å². The number of benzene rings is 1. The van der Waals surface area contributed by atoms with Gasteiger partial charge in [-0.15, -0.1) is 0 Å². The van der Waals surface area contributed by atoms with Crippen LogP contribution in [0, 0.1) is 12.8 Å². The first-order valence-corrected chi connectivity index (χ1v) is 8.82. The number of rotatable bonds is 5. The number of hydrogen-bond acceptors (Lipinski definition) is 5. The van der Waals surface area contributed by atoms with Crippen molar-refractivity contribution < 1.29 is 23.9 Å². The van der Waals surface area contributed by atoms with Crippen molar-refractivity contribution in [3.63, 3.8) is 0 Å². The van der Waals surface area contributed by atoms with E-state index < -0.39 is 24.5 Å². The summed E-state index contributed by atoms with van der Waals surface area (Å²) in [6.45, 7) is 3.38. The lowest BCUT2D eigenvalue weighted by atomic mass is 9.86. The van der Waals surface area contributed by atoms with Crippen molar-refractivity contribution in [3.05, 3.63) is 29.3 Å².